The van der Waals surface area contributed by atoms with E-state index in [1.807, 2.05) is 0 Å². The van der Waals surface area contributed by atoms with Gasteiger partial charge in [-0.1, -0.05) is 49.7 Å². The third-order valence-electron chi connectivity index (χ3n) is 4.71. The first-order valence-corrected chi connectivity index (χ1v) is 7.85. The molecule has 1 heterocycles. The molecule has 2 N–H and O–H groups in total. The van der Waals surface area contributed by atoms with Crippen LogP contribution in [0.15, 0.2) is 28.8 Å². The van der Waals surface area contributed by atoms with Gasteiger partial charge >= 0.3 is 0 Å². The van der Waals surface area contributed by atoms with E-state index in [1.54, 1.807) is 0 Å². The molecule has 1 aromatic carbocycles. The van der Waals surface area contributed by atoms with Crippen LogP contribution in [-0.2, 0) is 12.8 Å². The number of nitrogens with zero attached hydrogens (tertiary/aromatic N) is 2. The lowest BCUT2D eigenvalue weighted by Gasteiger charge is -2.21. The van der Waals surface area contributed by atoms with Gasteiger partial charge in [0.05, 0.1) is 6.04 Å². The van der Waals surface area contributed by atoms with Crippen LogP contribution in [0.5, 0.6) is 0 Å². The topological polar surface area (TPSA) is 64.9 Å². The summed E-state index contributed by atoms with van der Waals surface area (Å²) >= 11 is 0. The van der Waals surface area contributed by atoms with E-state index in [9.17, 15) is 0 Å². The van der Waals surface area contributed by atoms with Gasteiger partial charge in [-0.3, -0.25) is 0 Å². The number of aryl methyl sites for hydroxylation is 1. The number of aromatic nitrogens is 2. The number of rotatable bonds is 4. The van der Waals surface area contributed by atoms with Gasteiger partial charge in [0.15, 0.2) is 5.82 Å². The summed E-state index contributed by atoms with van der Waals surface area (Å²) < 4.78 is 5.40. The molecule has 1 aromatic heterocycles. The average Bonchev–Trinajstić information content (AvgIpc) is 3.02. The summed E-state index contributed by atoms with van der Waals surface area (Å²) in [6, 6.07) is 8.46. The maximum Gasteiger partial charge on any atom is 0.243 e. The normalized spacial score (nSPS) is 20.8. The molecule has 3 atom stereocenters. The predicted octanol–water partition coefficient (Wildman–Crippen LogP) is 3.39. The van der Waals surface area contributed by atoms with Crippen molar-refractivity contribution in [3.8, 4) is 0 Å². The molecule has 1 aliphatic carbocycles. The minimum Gasteiger partial charge on any atom is -0.338 e. The number of nitrogens with two attached hydrogens (primary N) is 1. The SMILES string of the molecule is CCC(C)[C@H](N)c1nc(C2CCc3ccccc3C2)no1. The van der Waals surface area contributed by atoms with E-state index in [4.69, 9.17) is 10.3 Å². The van der Waals surface area contributed by atoms with Crippen molar-refractivity contribution in [1.29, 1.82) is 0 Å². The molecule has 2 unspecified atom stereocenters. The Kier molecular flexibility index (Phi) is 4.06. The van der Waals surface area contributed by atoms with E-state index in [1.165, 1.54) is 11.1 Å². The van der Waals surface area contributed by atoms with Crippen molar-refractivity contribution in [3.05, 3.63) is 47.1 Å². The monoisotopic (exact) mass is 285 g/mol. The number of hydrogen-bond donors (Lipinski definition) is 1. The van der Waals surface area contributed by atoms with Crippen LogP contribution in [0.25, 0.3) is 0 Å². The Balaban J connectivity index is 1.76. The summed E-state index contributed by atoms with van der Waals surface area (Å²) in [7, 11) is 0. The van der Waals surface area contributed by atoms with E-state index < -0.39 is 0 Å². The Bertz CT molecular complexity index is 608. The standard InChI is InChI=1S/C17H23N3O/c1-3-11(2)15(18)17-19-16(20-21-17)14-9-8-12-6-4-5-7-13(12)10-14/h4-7,11,14-15H,3,8-10,18H2,1-2H3/t11?,14?,15-/m0/s1. The largest absolute Gasteiger partial charge is 0.338 e. The lowest BCUT2D eigenvalue weighted by molar-refractivity contribution is 0.309. The second-order valence-corrected chi connectivity index (χ2v) is 6.11. The van der Waals surface area contributed by atoms with Crippen molar-refractivity contribution in [3.63, 3.8) is 0 Å². The second-order valence-electron chi connectivity index (χ2n) is 6.11. The molecule has 4 heteroatoms. The highest BCUT2D eigenvalue weighted by molar-refractivity contribution is 5.31. The Hall–Kier alpha value is -1.68. The zero-order valence-corrected chi connectivity index (χ0v) is 12.7. The predicted molar refractivity (Wildman–Crippen MR) is 81.9 cm³/mol. The summed E-state index contributed by atoms with van der Waals surface area (Å²) in [6.45, 7) is 4.24. The lowest BCUT2D eigenvalue weighted by Crippen LogP contribution is -2.19. The molecular weight excluding hydrogens is 262 g/mol. The van der Waals surface area contributed by atoms with Crippen molar-refractivity contribution in [2.75, 3.05) is 0 Å². The quantitative estimate of drug-likeness (QED) is 0.935. The fourth-order valence-electron chi connectivity index (χ4n) is 2.96. The van der Waals surface area contributed by atoms with E-state index in [0.29, 0.717) is 17.7 Å². The van der Waals surface area contributed by atoms with Gasteiger partial charge in [0.1, 0.15) is 0 Å². The van der Waals surface area contributed by atoms with Gasteiger partial charge in [0.2, 0.25) is 5.89 Å². The molecule has 4 nitrogen and oxygen atoms in total. The van der Waals surface area contributed by atoms with Gasteiger partial charge in [-0.05, 0) is 36.3 Å². The Labute approximate surface area is 125 Å². The Morgan fingerprint density at radius 3 is 2.86 bits per heavy atom. The first kappa shape index (κ1) is 14.3. The highest BCUT2D eigenvalue weighted by Crippen LogP contribution is 2.32. The fourth-order valence-corrected chi connectivity index (χ4v) is 2.96. The van der Waals surface area contributed by atoms with Crippen LogP contribution in [0.2, 0.25) is 0 Å². The van der Waals surface area contributed by atoms with Crippen LogP contribution in [0.4, 0.5) is 0 Å². The maximum absolute atomic E-state index is 6.17. The molecule has 0 aliphatic heterocycles. The molecule has 3 rings (SSSR count). The van der Waals surface area contributed by atoms with Gasteiger partial charge in [0, 0.05) is 5.92 Å². The Morgan fingerprint density at radius 2 is 2.10 bits per heavy atom. The van der Waals surface area contributed by atoms with Crippen LogP contribution >= 0.6 is 0 Å². The van der Waals surface area contributed by atoms with Crippen LogP contribution < -0.4 is 5.73 Å². The average molecular weight is 285 g/mol. The summed E-state index contributed by atoms with van der Waals surface area (Å²) in [5.74, 6) is 2.10. The van der Waals surface area contributed by atoms with E-state index in [-0.39, 0.29) is 6.04 Å². The minimum atomic E-state index is -0.160. The molecule has 0 amide bonds. The van der Waals surface area contributed by atoms with Crippen molar-refractivity contribution in [1.82, 2.24) is 10.1 Å². The van der Waals surface area contributed by atoms with Gasteiger partial charge in [-0.2, -0.15) is 4.98 Å². The van der Waals surface area contributed by atoms with Gasteiger partial charge < -0.3 is 10.3 Å². The van der Waals surface area contributed by atoms with Crippen molar-refractivity contribution < 1.29 is 4.52 Å². The van der Waals surface area contributed by atoms with Crippen molar-refractivity contribution in [2.24, 2.45) is 11.7 Å². The lowest BCUT2D eigenvalue weighted by atomic mass is 9.83. The van der Waals surface area contributed by atoms with Crippen molar-refractivity contribution >= 4 is 0 Å². The third kappa shape index (κ3) is 2.86. The van der Waals surface area contributed by atoms with Gasteiger partial charge in [-0.15, -0.1) is 0 Å². The maximum atomic E-state index is 6.17. The summed E-state index contributed by atoms with van der Waals surface area (Å²) in [5.41, 5.74) is 9.03. The number of fused-ring (bicyclic) bond motifs is 1. The first-order valence-electron chi connectivity index (χ1n) is 7.85. The van der Waals surface area contributed by atoms with E-state index >= 15 is 0 Å². The van der Waals surface area contributed by atoms with Crippen LogP contribution in [0, 0.1) is 5.92 Å². The Morgan fingerprint density at radius 1 is 1.33 bits per heavy atom. The highest BCUT2D eigenvalue weighted by atomic mass is 16.5. The number of benzene rings is 1. The fraction of sp³-hybridized carbons (Fsp3) is 0.529. The van der Waals surface area contributed by atoms with E-state index in [2.05, 4.69) is 48.3 Å². The second kappa shape index (κ2) is 5.98. The summed E-state index contributed by atoms with van der Waals surface area (Å²) in [6.07, 6.45) is 4.17. The zero-order chi connectivity index (χ0) is 14.8. The molecule has 0 saturated carbocycles. The van der Waals surface area contributed by atoms with Crippen molar-refractivity contribution in [2.45, 2.75) is 51.5 Å². The smallest absolute Gasteiger partial charge is 0.243 e. The molecule has 0 spiro atoms. The van der Waals surface area contributed by atoms with Gasteiger partial charge in [0.25, 0.3) is 0 Å². The third-order valence-corrected chi connectivity index (χ3v) is 4.71. The van der Waals surface area contributed by atoms with Crippen LogP contribution in [-0.4, -0.2) is 10.1 Å². The first-order chi connectivity index (χ1) is 10.2. The molecule has 0 saturated heterocycles. The molecule has 0 radical (unpaired) electrons. The van der Waals surface area contributed by atoms with Crippen LogP contribution in [0.3, 0.4) is 0 Å². The summed E-state index contributed by atoms with van der Waals surface area (Å²) in [4.78, 5) is 4.57. The molecule has 0 bridgehead atoms. The molecular formula is C17H23N3O. The molecule has 112 valence electrons. The summed E-state index contributed by atoms with van der Waals surface area (Å²) in [5, 5.41) is 4.18. The zero-order valence-electron chi connectivity index (χ0n) is 12.7. The van der Waals surface area contributed by atoms with Crippen LogP contribution in [0.1, 0.15) is 61.5 Å². The molecule has 2 aromatic rings. The molecule has 1 aliphatic rings. The number of hydrogen-bond acceptors (Lipinski definition) is 4. The minimum absolute atomic E-state index is 0.160. The molecule has 0 fully saturated rings. The van der Waals surface area contributed by atoms with Gasteiger partial charge in [-0.25, -0.2) is 0 Å². The highest BCUT2D eigenvalue weighted by Gasteiger charge is 2.26. The molecule has 21 heavy (non-hydrogen) atoms. The van der Waals surface area contributed by atoms with E-state index in [0.717, 1.165) is 31.5 Å².